The molecule has 84 valence electrons. The second kappa shape index (κ2) is 5.26. The smallest absolute Gasteiger partial charge is 0.133 e. The van der Waals surface area contributed by atoms with Crippen molar-refractivity contribution in [2.75, 3.05) is 12.9 Å². The van der Waals surface area contributed by atoms with Gasteiger partial charge in [-0.2, -0.15) is 0 Å². The first-order valence-corrected chi connectivity index (χ1v) is 6.66. The highest BCUT2D eigenvalue weighted by molar-refractivity contribution is 9.10. The molecule has 0 fully saturated rings. The van der Waals surface area contributed by atoms with Crippen LogP contribution in [-0.4, -0.2) is 12.9 Å². The lowest BCUT2D eigenvalue weighted by molar-refractivity contribution is 0.412. The van der Waals surface area contributed by atoms with Crippen molar-refractivity contribution in [3.63, 3.8) is 0 Å². The molecular weight excluding hydrogens is 272 g/mol. The second-order valence-electron chi connectivity index (χ2n) is 4.65. The molecule has 15 heavy (non-hydrogen) atoms. The summed E-state index contributed by atoms with van der Waals surface area (Å²) in [4.78, 5) is 1.28. The van der Waals surface area contributed by atoms with Gasteiger partial charge in [-0.1, -0.05) is 20.8 Å². The predicted molar refractivity (Wildman–Crippen MR) is 70.9 cm³/mol. The molecule has 0 saturated carbocycles. The zero-order chi connectivity index (χ0) is 11.5. The number of hydrogen-bond donors (Lipinski definition) is 0. The maximum absolute atomic E-state index is 5.19. The Morgan fingerprint density at radius 2 is 2.00 bits per heavy atom. The molecular formula is C12H17BrOS. The van der Waals surface area contributed by atoms with E-state index in [0.29, 0.717) is 5.41 Å². The van der Waals surface area contributed by atoms with Crippen LogP contribution in [0.5, 0.6) is 5.75 Å². The summed E-state index contributed by atoms with van der Waals surface area (Å²) < 4.78 is 6.21. The Morgan fingerprint density at radius 3 is 2.47 bits per heavy atom. The zero-order valence-corrected chi connectivity index (χ0v) is 12.0. The van der Waals surface area contributed by atoms with Crippen molar-refractivity contribution in [3.05, 3.63) is 22.7 Å². The van der Waals surface area contributed by atoms with Crippen molar-refractivity contribution in [1.82, 2.24) is 0 Å². The number of ether oxygens (including phenoxy) is 1. The largest absolute Gasteiger partial charge is 0.496 e. The molecule has 0 heterocycles. The summed E-state index contributed by atoms with van der Waals surface area (Å²) in [5, 5.41) is 0. The van der Waals surface area contributed by atoms with Crippen molar-refractivity contribution < 1.29 is 4.74 Å². The van der Waals surface area contributed by atoms with E-state index < -0.39 is 0 Å². The summed E-state index contributed by atoms with van der Waals surface area (Å²) in [6.07, 6.45) is 0. The maximum atomic E-state index is 5.19. The van der Waals surface area contributed by atoms with Crippen LogP contribution in [-0.2, 0) is 0 Å². The van der Waals surface area contributed by atoms with Gasteiger partial charge in [-0.25, -0.2) is 0 Å². The monoisotopic (exact) mass is 288 g/mol. The summed E-state index contributed by atoms with van der Waals surface area (Å²) in [6, 6.07) is 6.20. The van der Waals surface area contributed by atoms with Gasteiger partial charge in [0.25, 0.3) is 0 Å². The van der Waals surface area contributed by atoms with E-state index in [9.17, 15) is 0 Å². The van der Waals surface area contributed by atoms with E-state index in [0.717, 1.165) is 16.0 Å². The average Bonchev–Trinajstić information content (AvgIpc) is 2.14. The van der Waals surface area contributed by atoms with Crippen LogP contribution < -0.4 is 4.74 Å². The molecule has 0 radical (unpaired) electrons. The molecule has 0 unspecified atom stereocenters. The number of methoxy groups -OCH3 is 1. The van der Waals surface area contributed by atoms with Gasteiger partial charge in [-0.3, -0.25) is 0 Å². The van der Waals surface area contributed by atoms with Crippen LogP contribution in [0.3, 0.4) is 0 Å². The molecule has 1 aromatic rings. The summed E-state index contributed by atoms with van der Waals surface area (Å²) in [5.41, 5.74) is 0.358. The van der Waals surface area contributed by atoms with E-state index >= 15 is 0 Å². The van der Waals surface area contributed by atoms with Gasteiger partial charge >= 0.3 is 0 Å². The lowest BCUT2D eigenvalue weighted by Gasteiger charge is -2.17. The first kappa shape index (κ1) is 12.9. The maximum Gasteiger partial charge on any atom is 0.133 e. The van der Waals surface area contributed by atoms with Crippen LogP contribution >= 0.6 is 27.7 Å². The fourth-order valence-corrected chi connectivity index (χ4v) is 2.69. The molecule has 0 atom stereocenters. The lowest BCUT2D eigenvalue weighted by Crippen LogP contribution is -2.07. The van der Waals surface area contributed by atoms with Crippen LogP contribution in [0.2, 0.25) is 0 Å². The minimum atomic E-state index is 0.358. The minimum Gasteiger partial charge on any atom is -0.496 e. The molecule has 0 aliphatic rings. The lowest BCUT2D eigenvalue weighted by atomic mass is 10.0. The normalized spacial score (nSPS) is 11.5. The van der Waals surface area contributed by atoms with Crippen LogP contribution in [0.4, 0.5) is 0 Å². The number of hydrogen-bond acceptors (Lipinski definition) is 2. The molecule has 0 bridgehead atoms. The molecule has 0 aliphatic carbocycles. The van der Waals surface area contributed by atoms with Crippen LogP contribution in [0.25, 0.3) is 0 Å². The Bertz CT molecular complexity index is 331. The van der Waals surface area contributed by atoms with Gasteiger partial charge in [0.15, 0.2) is 0 Å². The van der Waals surface area contributed by atoms with Gasteiger partial charge in [-0.05, 0) is 39.5 Å². The first-order valence-electron chi connectivity index (χ1n) is 4.89. The summed E-state index contributed by atoms with van der Waals surface area (Å²) in [6.45, 7) is 6.75. The third-order valence-electron chi connectivity index (χ3n) is 1.80. The second-order valence-corrected chi connectivity index (χ2v) is 6.55. The minimum absolute atomic E-state index is 0.358. The van der Waals surface area contributed by atoms with Gasteiger partial charge in [0.2, 0.25) is 0 Å². The van der Waals surface area contributed by atoms with Gasteiger partial charge in [-0.15, -0.1) is 11.8 Å². The third kappa shape index (κ3) is 4.47. The molecule has 0 amide bonds. The van der Waals surface area contributed by atoms with Crippen LogP contribution in [0.1, 0.15) is 20.8 Å². The van der Waals surface area contributed by atoms with Crippen molar-refractivity contribution in [1.29, 1.82) is 0 Å². The van der Waals surface area contributed by atoms with E-state index in [4.69, 9.17) is 4.74 Å². The number of thioether (sulfide) groups is 1. The Labute approximate surface area is 105 Å². The molecule has 1 rings (SSSR count). The van der Waals surface area contributed by atoms with E-state index in [2.05, 4.69) is 48.8 Å². The van der Waals surface area contributed by atoms with Crippen LogP contribution in [0, 0.1) is 5.41 Å². The van der Waals surface area contributed by atoms with Crippen molar-refractivity contribution in [2.45, 2.75) is 25.7 Å². The highest BCUT2D eigenvalue weighted by atomic mass is 79.9. The van der Waals surface area contributed by atoms with Gasteiger partial charge in [0, 0.05) is 10.6 Å². The Balaban J connectivity index is 2.68. The van der Waals surface area contributed by atoms with E-state index in [-0.39, 0.29) is 0 Å². The average molecular weight is 289 g/mol. The molecule has 1 aromatic carbocycles. The highest BCUT2D eigenvalue weighted by Crippen LogP contribution is 2.32. The van der Waals surface area contributed by atoms with Crippen molar-refractivity contribution >= 4 is 27.7 Å². The van der Waals surface area contributed by atoms with Crippen molar-refractivity contribution in [3.8, 4) is 5.75 Å². The standard InChI is InChI=1S/C12H17BrOS/c1-12(2,3)8-15-9-5-6-11(14-4)10(13)7-9/h5-7H,8H2,1-4H3. The first-order chi connectivity index (χ1) is 6.92. The SMILES string of the molecule is COc1ccc(SCC(C)(C)C)cc1Br. The quantitative estimate of drug-likeness (QED) is 0.752. The van der Waals surface area contributed by atoms with Gasteiger partial charge in [0.05, 0.1) is 11.6 Å². The zero-order valence-electron chi connectivity index (χ0n) is 9.63. The third-order valence-corrected chi connectivity index (χ3v) is 4.01. The summed E-state index contributed by atoms with van der Waals surface area (Å²) >= 11 is 5.36. The number of halogens is 1. The van der Waals surface area contributed by atoms with Crippen molar-refractivity contribution in [2.24, 2.45) is 5.41 Å². The van der Waals surface area contributed by atoms with E-state index in [1.165, 1.54) is 4.90 Å². The van der Waals surface area contributed by atoms with E-state index in [1.54, 1.807) is 7.11 Å². The fraction of sp³-hybridized carbons (Fsp3) is 0.500. The molecule has 0 aromatic heterocycles. The Hall–Kier alpha value is -0.150. The van der Waals surface area contributed by atoms with Gasteiger partial charge < -0.3 is 4.74 Å². The highest BCUT2D eigenvalue weighted by Gasteiger charge is 2.11. The molecule has 0 saturated heterocycles. The summed E-state index contributed by atoms with van der Waals surface area (Å²) in [7, 11) is 1.68. The van der Waals surface area contributed by atoms with Gasteiger partial charge in [0.1, 0.15) is 5.75 Å². The fourth-order valence-electron chi connectivity index (χ4n) is 1.04. The molecule has 0 spiro atoms. The van der Waals surface area contributed by atoms with E-state index in [1.807, 2.05) is 17.8 Å². The molecule has 0 aliphatic heterocycles. The molecule has 1 nitrogen and oxygen atoms in total. The molecule has 3 heteroatoms. The number of rotatable bonds is 3. The van der Waals surface area contributed by atoms with Crippen LogP contribution in [0.15, 0.2) is 27.6 Å². The Morgan fingerprint density at radius 1 is 1.33 bits per heavy atom. The number of benzene rings is 1. The molecule has 0 N–H and O–H groups in total. The summed E-state index contributed by atoms with van der Waals surface area (Å²) in [5.74, 6) is 2.00. The Kier molecular flexibility index (Phi) is 4.53. The topological polar surface area (TPSA) is 9.23 Å². The predicted octanol–water partition coefficient (Wildman–Crippen LogP) is 4.60.